The maximum Gasteiger partial charge on any atom is 0.416 e. The molecule has 2 fully saturated rings. The van der Waals surface area contributed by atoms with Crippen molar-refractivity contribution >= 4 is 6.09 Å². The van der Waals surface area contributed by atoms with Crippen LogP contribution < -0.4 is 0 Å². The highest BCUT2D eigenvalue weighted by atomic mass is 19.4. The zero-order valence-corrected chi connectivity index (χ0v) is 22.1. The Morgan fingerprint density at radius 1 is 0.854 bits per heavy atom. The average molecular weight is 598 g/mol. The fraction of sp³-hybridized carbons (Fsp3) is 0.536. The molecule has 1 saturated heterocycles. The lowest BCUT2D eigenvalue weighted by Gasteiger charge is -2.32. The lowest BCUT2D eigenvalue weighted by Crippen LogP contribution is -2.32. The van der Waals surface area contributed by atoms with Crippen molar-refractivity contribution in [2.45, 2.75) is 82.4 Å². The summed E-state index contributed by atoms with van der Waals surface area (Å²) in [6.07, 6.45) is -13.6. The fourth-order valence-electron chi connectivity index (χ4n) is 5.69. The molecule has 2 unspecified atom stereocenters. The number of alkyl halides is 9. The molecule has 2 aromatic rings. The minimum Gasteiger partial charge on any atom is -0.439 e. The largest absolute Gasteiger partial charge is 0.439 e. The van der Waals surface area contributed by atoms with Crippen LogP contribution in [-0.4, -0.2) is 24.1 Å². The van der Waals surface area contributed by atoms with Gasteiger partial charge in [-0.2, -0.15) is 39.5 Å². The second-order valence-corrected chi connectivity index (χ2v) is 10.5. The topological polar surface area (TPSA) is 38.8 Å². The summed E-state index contributed by atoms with van der Waals surface area (Å²) >= 11 is 0. The summed E-state index contributed by atoms with van der Waals surface area (Å²) in [6.45, 7) is 0.929. The second kappa shape index (κ2) is 11.4. The molecule has 1 aliphatic heterocycles. The third-order valence-corrected chi connectivity index (χ3v) is 7.78. The van der Waals surface area contributed by atoms with Crippen molar-refractivity contribution in [3.63, 3.8) is 0 Å². The van der Waals surface area contributed by atoms with Gasteiger partial charge in [0.25, 0.3) is 0 Å². The van der Waals surface area contributed by atoms with Crippen molar-refractivity contribution in [3.8, 4) is 0 Å². The number of methoxy groups -OCH3 is 1. The van der Waals surface area contributed by atoms with E-state index < -0.39 is 71.7 Å². The Morgan fingerprint density at radius 3 is 1.93 bits per heavy atom. The summed E-state index contributed by atoms with van der Waals surface area (Å²) in [5, 5.41) is 0. The Bertz CT molecular complexity index is 1220. The summed E-state index contributed by atoms with van der Waals surface area (Å²) < 4.78 is 132. The highest BCUT2D eigenvalue weighted by Crippen LogP contribution is 2.43. The number of halogens is 9. The van der Waals surface area contributed by atoms with E-state index in [1.54, 1.807) is 0 Å². The maximum atomic E-state index is 13.6. The van der Waals surface area contributed by atoms with E-state index in [1.165, 1.54) is 20.1 Å². The number of carbonyl (C=O) groups is 1. The van der Waals surface area contributed by atoms with Crippen LogP contribution in [0.3, 0.4) is 0 Å². The van der Waals surface area contributed by atoms with E-state index >= 15 is 0 Å². The standard InChI is InChI=1S/C28H28F9NO3/c1-15-23(17-10-20(27(32,33)34)13-21(11-17)28(35,36)37)41-25(39)38(15)14-18-12-19(26(29,30)31)8-9-22(18)24(40-2)16-6-4-3-5-7-16/h8-13,15-16,23-24H,3-7,14H2,1-2H3/t15?,23-,24?/m0/s1. The van der Waals surface area contributed by atoms with Gasteiger partial charge in [-0.25, -0.2) is 4.79 Å². The van der Waals surface area contributed by atoms with Crippen molar-refractivity contribution in [2.24, 2.45) is 5.92 Å². The van der Waals surface area contributed by atoms with Crippen LogP contribution in [-0.2, 0) is 34.5 Å². The number of rotatable bonds is 6. The van der Waals surface area contributed by atoms with Crippen LogP contribution in [0.15, 0.2) is 36.4 Å². The van der Waals surface area contributed by atoms with Crippen LogP contribution >= 0.6 is 0 Å². The number of amides is 1. The van der Waals surface area contributed by atoms with Crippen molar-refractivity contribution < 1.29 is 53.8 Å². The van der Waals surface area contributed by atoms with Crippen molar-refractivity contribution in [1.29, 1.82) is 0 Å². The molecule has 2 aromatic carbocycles. The Hall–Kier alpha value is -2.96. The van der Waals surface area contributed by atoms with E-state index in [-0.39, 0.29) is 17.5 Å². The minimum atomic E-state index is -5.11. The number of carbonyl (C=O) groups excluding carboxylic acids is 1. The van der Waals surface area contributed by atoms with Crippen LogP contribution in [0, 0.1) is 5.92 Å². The maximum absolute atomic E-state index is 13.6. The van der Waals surface area contributed by atoms with Crippen molar-refractivity contribution in [3.05, 3.63) is 69.8 Å². The molecule has 1 heterocycles. The molecule has 41 heavy (non-hydrogen) atoms. The normalized spacial score (nSPS) is 21.7. The van der Waals surface area contributed by atoms with Gasteiger partial charge >= 0.3 is 24.6 Å². The van der Waals surface area contributed by atoms with E-state index in [9.17, 15) is 44.3 Å². The third kappa shape index (κ3) is 6.76. The first-order chi connectivity index (χ1) is 19.0. The van der Waals surface area contributed by atoms with Gasteiger partial charge in [0.1, 0.15) is 6.10 Å². The summed E-state index contributed by atoms with van der Waals surface area (Å²) in [5.74, 6) is 0.0193. The van der Waals surface area contributed by atoms with E-state index in [0.717, 1.165) is 49.1 Å². The van der Waals surface area contributed by atoms with Crippen LogP contribution in [0.2, 0.25) is 0 Å². The molecule has 0 aromatic heterocycles. The molecule has 0 N–H and O–H groups in total. The van der Waals surface area contributed by atoms with Gasteiger partial charge < -0.3 is 9.47 Å². The van der Waals surface area contributed by atoms with Crippen molar-refractivity contribution in [2.75, 3.05) is 7.11 Å². The van der Waals surface area contributed by atoms with Gasteiger partial charge in [0, 0.05) is 13.7 Å². The summed E-state index contributed by atoms with van der Waals surface area (Å²) in [6, 6.07) is 2.93. The first-order valence-electron chi connectivity index (χ1n) is 13.0. The molecule has 4 nitrogen and oxygen atoms in total. The molecule has 0 radical (unpaired) electrons. The number of benzene rings is 2. The number of hydrogen-bond acceptors (Lipinski definition) is 3. The lowest BCUT2D eigenvalue weighted by molar-refractivity contribution is -0.143. The number of cyclic esters (lactones) is 1. The highest BCUT2D eigenvalue weighted by Gasteiger charge is 2.44. The van der Waals surface area contributed by atoms with Crippen molar-refractivity contribution in [1.82, 2.24) is 4.90 Å². The molecule has 0 spiro atoms. The lowest BCUT2D eigenvalue weighted by atomic mass is 9.81. The molecule has 13 heteroatoms. The number of ether oxygens (including phenoxy) is 2. The monoisotopic (exact) mass is 597 g/mol. The van der Waals surface area contributed by atoms with Gasteiger partial charge in [-0.05, 0) is 72.7 Å². The van der Waals surface area contributed by atoms with Crippen LogP contribution in [0.5, 0.6) is 0 Å². The third-order valence-electron chi connectivity index (χ3n) is 7.78. The predicted molar refractivity (Wildman–Crippen MR) is 128 cm³/mol. The highest BCUT2D eigenvalue weighted by molar-refractivity contribution is 5.71. The van der Waals surface area contributed by atoms with E-state index in [2.05, 4.69) is 0 Å². The summed E-state index contributed by atoms with van der Waals surface area (Å²) in [7, 11) is 1.44. The Morgan fingerprint density at radius 2 is 1.41 bits per heavy atom. The van der Waals surface area contributed by atoms with Crippen LogP contribution in [0.25, 0.3) is 0 Å². The van der Waals surface area contributed by atoms with Gasteiger partial charge in [-0.15, -0.1) is 0 Å². The van der Waals surface area contributed by atoms with Crippen LogP contribution in [0.1, 0.15) is 84.6 Å². The van der Waals surface area contributed by atoms with Gasteiger partial charge in [0.05, 0.1) is 28.8 Å². The first kappa shape index (κ1) is 31.0. The molecule has 1 saturated carbocycles. The zero-order chi connectivity index (χ0) is 30.3. The SMILES string of the molecule is COC(c1ccc(C(F)(F)F)cc1CN1C(=O)O[C@H](c2cc(C(F)(F)F)cc(C(F)(F)F)c2)C1C)C1CCCCC1. The number of hydrogen-bond donors (Lipinski definition) is 0. The van der Waals surface area contributed by atoms with Crippen LogP contribution in [0.4, 0.5) is 44.3 Å². The Balaban J connectivity index is 1.71. The quantitative estimate of drug-likeness (QED) is 0.312. The molecule has 226 valence electrons. The molecular formula is C28H28F9NO3. The van der Waals surface area contributed by atoms with E-state index in [1.807, 2.05) is 0 Å². The van der Waals surface area contributed by atoms with E-state index in [0.29, 0.717) is 17.7 Å². The molecule has 1 amide bonds. The molecule has 3 atom stereocenters. The smallest absolute Gasteiger partial charge is 0.416 e. The minimum absolute atomic E-state index is 0.0193. The zero-order valence-electron chi connectivity index (χ0n) is 22.1. The summed E-state index contributed by atoms with van der Waals surface area (Å²) in [5.41, 5.74) is -4.12. The Labute approximate surface area is 230 Å². The van der Waals surface area contributed by atoms with Gasteiger partial charge in [-0.1, -0.05) is 25.3 Å². The molecule has 1 aliphatic carbocycles. The fourth-order valence-corrected chi connectivity index (χ4v) is 5.69. The summed E-state index contributed by atoms with van der Waals surface area (Å²) in [4.78, 5) is 13.9. The second-order valence-electron chi connectivity index (χ2n) is 10.5. The molecule has 0 bridgehead atoms. The van der Waals surface area contributed by atoms with Gasteiger partial charge in [-0.3, -0.25) is 4.90 Å². The van der Waals surface area contributed by atoms with Gasteiger partial charge in [0.2, 0.25) is 0 Å². The van der Waals surface area contributed by atoms with E-state index in [4.69, 9.17) is 9.47 Å². The van der Waals surface area contributed by atoms with Gasteiger partial charge in [0.15, 0.2) is 0 Å². The number of nitrogens with zero attached hydrogens (tertiary/aromatic N) is 1. The average Bonchev–Trinajstić information content (AvgIpc) is 3.17. The Kier molecular flexibility index (Phi) is 8.60. The predicted octanol–water partition coefficient (Wildman–Crippen LogP) is 9.09. The first-order valence-corrected chi connectivity index (χ1v) is 13.0. The molecule has 4 rings (SSSR count). The molecule has 2 aliphatic rings. The molecular weight excluding hydrogens is 569 g/mol.